The first-order valence-electron chi connectivity index (χ1n) is 13.8. The van der Waals surface area contributed by atoms with E-state index in [1.165, 1.54) is 0 Å². The normalized spacial score (nSPS) is 20.4. The molecule has 3 atom stereocenters. The maximum absolute atomic E-state index is 12.9. The predicted molar refractivity (Wildman–Crippen MR) is 153 cm³/mol. The number of nitrogens with zero attached hydrogens (tertiary/aromatic N) is 2. The average molecular weight is 528 g/mol. The lowest BCUT2D eigenvalue weighted by atomic mass is 10.0. The number of hydrogen-bond donors (Lipinski definition) is 2. The number of nitrogens with one attached hydrogen (secondary N) is 1. The van der Waals surface area contributed by atoms with Gasteiger partial charge in [-0.05, 0) is 60.4 Å². The van der Waals surface area contributed by atoms with E-state index >= 15 is 0 Å². The first kappa shape index (κ1) is 26.9. The predicted octanol–water partition coefficient (Wildman–Crippen LogP) is 4.92. The Labute approximate surface area is 230 Å². The summed E-state index contributed by atoms with van der Waals surface area (Å²) in [4.78, 5) is 29.8. The molecule has 3 aromatic rings. The maximum atomic E-state index is 12.9. The summed E-state index contributed by atoms with van der Waals surface area (Å²) in [5.74, 6) is 1.02. The number of rotatable bonds is 9. The Morgan fingerprint density at radius 2 is 1.69 bits per heavy atom. The fourth-order valence-corrected chi connectivity index (χ4v) is 5.97. The standard InChI is InChI=1S/C32H37N3O4/c1-34(31(37)25-11-7-8-23(18-25)14-17-36)15-16-35-21-26-19-28(20-27(26)22-35)39-32(38)33-30-13-6-5-12-29(30)24-9-3-2-4-10-24/h2-13,18,26-28,36H,14-17,19-22H2,1H3,(H,33,38)/t26-,27+,28?. The Balaban J connectivity index is 1.07. The second-order valence-corrected chi connectivity index (χ2v) is 10.7. The number of aliphatic hydroxyl groups excluding tert-OH is 1. The fraction of sp³-hybridized carbons (Fsp3) is 0.375. The number of amides is 2. The number of benzene rings is 3. The van der Waals surface area contributed by atoms with E-state index in [1.807, 2.05) is 85.9 Å². The highest BCUT2D eigenvalue weighted by atomic mass is 16.6. The van der Waals surface area contributed by atoms with Crippen LogP contribution in [0.1, 0.15) is 28.8 Å². The molecular formula is C32H37N3O4. The molecule has 0 bridgehead atoms. The molecule has 5 rings (SSSR count). The van der Waals surface area contributed by atoms with Crippen molar-refractivity contribution < 1.29 is 19.4 Å². The molecule has 0 radical (unpaired) electrons. The molecule has 0 aromatic heterocycles. The Kier molecular flexibility index (Phi) is 8.59. The SMILES string of the molecule is CN(CCN1C[C@H]2CC(OC(=O)Nc3ccccc3-c3ccccc3)C[C@H]2C1)C(=O)c1cccc(CCO)c1. The van der Waals surface area contributed by atoms with Gasteiger partial charge in [0.05, 0.1) is 5.69 Å². The number of carbonyl (C=O) groups is 2. The minimum atomic E-state index is -0.400. The smallest absolute Gasteiger partial charge is 0.411 e. The van der Waals surface area contributed by atoms with Crippen LogP contribution < -0.4 is 5.32 Å². The van der Waals surface area contributed by atoms with E-state index in [-0.39, 0.29) is 18.6 Å². The number of ether oxygens (including phenoxy) is 1. The Hall–Kier alpha value is -3.68. The number of fused-ring (bicyclic) bond motifs is 1. The maximum Gasteiger partial charge on any atom is 0.411 e. The minimum absolute atomic E-state index is 0.00231. The van der Waals surface area contributed by atoms with E-state index in [9.17, 15) is 14.7 Å². The molecule has 1 saturated heterocycles. The number of likely N-dealkylation sites (tertiary alicyclic amines) is 1. The minimum Gasteiger partial charge on any atom is -0.446 e. The van der Waals surface area contributed by atoms with Crippen molar-refractivity contribution in [2.24, 2.45) is 11.8 Å². The summed E-state index contributed by atoms with van der Waals surface area (Å²) in [6.45, 7) is 3.50. The molecule has 3 aromatic carbocycles. The van der Waals surface area contributed by atoms with Crippen molar-refractivity contribution in [1.82, 2.24) is 9.80 Å². The Bertz CT molecular complexity index is 1270. The van der Waals surface area contributed by atoms with Crippen LogP contribution in [-0.4, -0.2) is 72.8 Å². The number of aliphatic hydroxyl groups is 1. The van der Waals surface area contributed by atoms with Gasteiger partial charge in [-0.1, -0.05) is 60.7 Å². The number of anilines is 1. The molecule has 2 amide bonds. The lowest BCUT2D eigenvalue weighted by molar-refractivity contribution is 0.0778. The molecule has 0 spiro atoms. The highest BCUT2D eigenvalue weighted by molar-refractivity contribution is 5.94. The molecule has 1 aliphatic heterocycles. The quantitative estimate of drug-likeness (QED) is 0.413. The summed E-state index contributed by atoms with van der Waals surface area (Å²) in [7, 11) is 1.84. The lowest BCUT2D eigenvalue weighted by Gasteiger charge is -2.23. The van der Waals surface area contributed by atoms with Crippen LogP contribution in [0.2, 0.25) is 0 Å². The van der Waals surface area contributed by atoms with E-state index in [4.69, 9.17) is 4.74 Å². The Morgan fingerprint density at radius 3 is 2.44 bits per heavy atom. The van der Waals surface area contributed by atoms with Crippen LogP contribution in [0.5, 0.6) is 0 Å². The summed E-state index contributed by atoms with van der Waals surface area (Å²) in [5, 5.41) is 12.1. The molecule has 2 fully saturated rings. The molecule has 204 valence electrons. The van der Waals surface area contributed by atoms with Gasteiger partial charge in [0.15, 0.2) is 0 Å². The number of hydrogen-bond acceptors (Lipinski definition) is 5. The van der Waals surface area contributed by atoms with Crippen LogP contribution in [0.25, 0.3) is 11.1 Å². The zero-order chi connectivity index (χ0) is 27.2. The molecule has 1 unspecified atom stereocenters. The van der Waals surface area contributed by atoms with Crippen LogP contribution in [-0.2, 0) is 11.2 Å². The van der Waals surface area contributed by atoms with Gasteiger partial charge in [-0.15, -0.1) is 0 Å². The van der Waals surface area contributed by atoms with Gasteiger partial charge in [0, 0.05) is 51.0 Å². The third-order valence-electron chi connectivity index (χ3n) is 7.98. The van der Waals surface area contributed by atoms with Gasteiger partial charge in [-0.3, -0.25) is 10.1 Å². The topological polar surface area (TPSA) is 82.1 Å². The molecule has 1 heterocycles. The summed E-state index contributed by atoms with van der Waals surface area (Å²) >= 11 is 0. The highest BCUT2D eigenvalue weighted by Crippen LogP contribution is 2.39. The number of carbonyl (C=O) groups excluding carboxylic acids is 2. The lowest BCUT2D eigenvalue weighted by Crippen LogP contribution is -2.36. The van der Waals surface area contributed by atoms with E-state index in [0.29, 0.717) is 30.4 Å². The van der Waals surface area contributed by atoms with Gasteiger partial charge in [-0.25, -0.2) is 4.79 Å². The second-order valence-electron chi connectivity index (χ2n) is 10.7. The van der Waals surface area contributed by atoms with Crippen LogP contribution >= 0.6 is 0 Å². The first-order valence-corrected chi connectivity index (χ1v) is 13.8. The molecule has 39 heavy (non-hydrogen) atoms. The van der Waals surface area contributed by atoms with Crippen molar-refractivity contribution in [2.45, 2.75) is 25.4 Å². The van der Waals surface area contributed by atoms with E-state index in [0.717, 1.165) is 54.9 Å². The van der Waals surface area contributed by atoms with Crippen LogP contribution in [0.15, 0.2) is 78.9 Å². The average Bonchev–Trinajstić information content (AvgIpc) is 3.50. The van der Waals surface area contributed by atoms with Crippen LogP contribution in [0.4, 0.5) is 10.5 Å². The van der Waals surface area contributed by atoms with Crippen molar-refractivity contribution in [3.8, 4) is 11.1 Å². The highest BCUT2D eigenvalue weighted by Gasteiger charge is 2.42. The van der Waals surface area contributed by atoms with Crippen molar-refractivity contribution in [2.75, 3.05) is 45.2 Å². The van der Waals surface area contributed by atoms with Gasteiger partial charge in [0.1, 0.15) is 6.10 Å². The molecule has 2 N–H and O–H groups in total. The van der Waals surface area contributed by atoms with Gasteiger partial charge in [0.2, 0.25) is 0 Å². The molecule has 2 aliphatic rings. The van der Waals surface area contributed by atoms with Gasteiger partial charge < -0.3 is 19.6 Å². The molecule has 7 heteroatoms. The van der Waals surface area contributed by atoms with Crippen molar-refractivity contribution in [3.05, 3.63) is 90.0 Å². The van der Waals surface area contributed by atoms with Crippen molar-refractivity contribution in [3.63, 3.8) is 0 Å². The molecule has 1 saturated carbocycles. The zero-order valence-electron chi connectivity index (χ0n) is 22.5. The van der Waals surface area contributed by atoms with E-state index in [1.54, 1.807) is 4.90 Å². The van der Waals surface area contributed by atoms with Crippen LogP contribution in [0.3, 0.4) is 0 Å². The van der Waals surface area contributed by atoms with Crippen LogP contribution in [0, 0.1) is 11.8 Å². The molecule has 1 aliphatic carbocycles. The van der Waals surface area contributed by atoms with Gasteiger partial charge >= 0.3 is 6.09 Å². The summed E-state index contributed by atoms with van der Waals surface area (Å²) in [6.07, 6.45) is 1.84. The number of para-hydroxylation sites is 1. The first-order chi connectivity index (χ1) is 19.0. The third kappa shape index (κ3) is 6.67. The van der Waals surface area contributed by atoms with E-state index in [2.05, 4.69) is 10.2 Å². The number of likely N-dealkylation sites (N-methyl/N-ethyl adjacent to an activating group) is 1. The van der Waals surface area contributed by atoms with Crippen molar-refractivity contribution in [1.29, 1.82) is 0 Å². The summed E-state index contributed by atoms with van der Waals surface area (Å²) in [6, 6.07) is 25.3. The third-order valence-corrected chi connectivity index (χ3v) is 7.98. The fourth-order valence-electron chi connectivity index (χ4n) is 5.97. The van der Waals surface area contributed by atoms with Crippen molar-refractivity contribution >= 4 is 17.7 Å². The molecular weight excluding hydrogens is 490 g/mol. The monoisotopic (exact) mass is 527 g/mol. The second kappa shape index (κ2) is 12.5. The van der Waals surface area contributed by atoms with Gasteiger partial charge in [-0.2, -0.15) is 0 Å². The summed E-state index contributed by atoms with van der Waals surface area (Å²) < 4.78 is 5.85. The zero-order valence-corrected chi connectivity index (χ0v) is 22.5. The summed E-state index contributed by atoms with van der Waals surface area (Å²) in [5.41, 5.74) is 4.39. The largest absolute Gasteiger partial charge is 0.446 e. The van der Waals surface area contributed by atoms with E-state index < -0.39 is 6.09 Å². The van der Waals surface area contributed by atoms with Gasteiger partial charge in [0.25, 0.3) is 5.91 Å². The molecule has 7 nitrogen and oxygen atoms in total. The Morgan fingerprint density at radius 1 is 0.974 bits per heavy atom.